The molecule has 0 amide bonds. The van der Waals surface area contributed by atoms with Crippen LogP contribution in [0.15, 0.2) is 23.8 Å². The van der Waals surface area contributed by atoms with Gasteiger partial charge in [0.1, 0.15) is 6.10 Å². The van der Waals surface area contributed by atoms with Crippen molar-refractivity contribution in [3.8, 4) is 0 Å². The van der Waals surface area contributed by atoms with Crippen LogP contribution in [0.25, 0.3) is 0 Å². The third-order valence-electron chi connectivity index (χ3n) is 8.98. The average molecular weight is 479 g/mol. The predicted molar refractivity (Wildman–Crippen MR) is 116 cm³/mol. The molecule has 0 spiro atoms. The Labute approximate surface area is 197 Å². The number of Topliss-reactive ketones (excluding diaryl/α,β-unsaturated/α-hetero) is 1. The van der Waals surface area contributed by atoms with Gasteiger partial charge < -0.3 is 19.7 Å². The first-order chi connectivity index (χ1) is 15.7. The third-order valence-corrected chi connectivity index (χ3v) is 8.98. The van der Waals surface area contributed by atoms with E-state index in [1.807, 2.05) is 0 Å². The van der Waals surface area contributed by atoms with Gasteiger partial charge in [0.25, 0.3) is 0 Å². The average Bonchev–Trinajstić information content (AvgIpc) is 2.95. The van der Waals surface area contributed by atoms with E-state index in [0.717, 1.165) is 13.8 Å². The summed E-state index contributed by atoms with van der Waals surface area (Å²) < 4.78 is 27.4. The van der Waals surface area contributed by atoms with E-state index >= 15 is 4.39 Å². The molecule has 8 nitrogen and oxygen atoms in total. The first-order valence-corrected chi connectivity index (χ1v) is 11.6. The molecule has 0 aromatic heterocycles. The summed E-state index contributed by atoms with van der Waals surface area (Å²) in [6.07, 6.45) is 1.82. The second kappa shape index (κ2) is 7.81. The molecular weight excluding hydrogens is 447 g/mol. The van der Waals surface area contributed by atoms with Gasteiger partial charge >= 0.3 is 11.9 Å². The number of ketones is 2. The lowest BCUT2D eigenvalue weighted by Gasteiger charge is -2.62. The van der Waals surface area contributed by atoms with E-state index in [0.29, 0.717) is 12.0 Å². The Bertz CT molecular complexity index is 1020. The van der Waals surface area contributed by atoms with Crippen LogP contribution in [0.3, 0.4) is 0 Å². The highest BCUT2D eigenvalue weighted by Gasteiger charge is 2.77. The minimum absolute atomic E-state index is 0.0131. The van der Waals surface area contributed by atoms with Gasteiger partial charge in [-0.25, -0.2) is 4.39 Å². The lowest BCUT2D eigenvalue weighted by atomic mass is 9.44. The molecule has 0 bridgehead atoms. The van der Waals surface area contributed by atoms with Crippen molar-refractivity contribution >= 4 is 23.5 Å². The number of ether oxygens (including phenoxy) is 2. The zero-order valence-corrected chi connectivity index (χ0v) is 19.8. The molecule has 0 heterocycles. The van der Waals surface area contributed by atoms with E-state index in [2.05, 4.69) is 0 Å². The van der Waals surface area contributed by atoms with Crippen molar-refractivity contribution in [1.29, 1.82) is 0 Å². The zero-order chi connectivity index (χ0) is 25.3. The van der Waals surface area contributed by atoms with Gasteiger partial charge in [-0.15, -0.1) is 0 Å². The number of hydrogen-bond donors (Lipinski definition) is 2. The molecule has 2 N–H and O–H groups in total. The van der Waals surface area contributed by atoms with Gasteiger partial charge in [-0.2, -0.15) is 0 Å². The van der Waals surface area contributed by atoms with E-state index in [1.54, 1.807) is 13.8 Å². The fourth-order valence-corrected chi connectivity index (χ4v) is 7.31. The number of allylic oxidation sites excluding steroid dienone is 4. The zero-order valence-electron chi connectivity index (χ0n) is 19.8. The van der Waals surface area contributed by atoms with Gasteiger partial charge in [0.15, 0.2) is 23.7 Å². The first kappa shape index (κ1) is 24.7. The van der Waals surface area contributed by atoms with Crippen LogP contribution in [0, 0.1) is 22.7 Å². The van der Waals surface area contributed by atoms with Gasteiger partial charge in [-0.3, -0.25) is 19.2 Å². The minimum Gasteiger partial charge on any atom is -0.459 e. The number of aliphatic hydroxyl groups is 2. The molecule has 4 aliphatic carbocycles. The topological polar surface area (TPSA) is 127 Å². The second-order valence-electron chi connectivity index (χ2n) is 10.6. The SMILES string of the molecule is CC(=O)OCC(=O)[C@@]1(O)[C@H](OC(C)=O)C[C@H]2[C@@H]3CCC4=CC(=O)C=C[C@]4(C)[C@]3(F)C(O)C[C@@]21C. The van der Waals surface area contributed by atoms with Gasteiger partial charge in [0.2, 0.25) is 5.78 Å². The molecular formula is C25H31FO8. The molecule has 3 fully saturated rings. The van der Waals surface area contributed by atoms with Crippen LogP contribution < -0.4 is 0 Å². The molecule has 4 rings (SSSR count). The van der Waals surface area contributed by atoms with Crippen molar-refractivity contribution in [2.75, 3.05) is 6.61 Å². The standard InChI is InChI=1S/C25H31FO8/c1-13(27)33-12-20(31)25(32)21(34-14(2)28)10-18-17-6-5-15-9-16(29)7-8-22(15,3)24(17,26)19(30)11-23(18,25)4/h7-9,17-19,21,30,32H,5-6,10-12H2,1-4H3/t17-,18-,19?,21+,22-,23-,24+,25+/m0/s1. The minimum atomic E-state index is -2.28. The molecule has 34 heavy (non-hydrogen) atoms. The van der Waals surface area contributed by atoms with Crippen LogP contribution in [-0.4, -0.2) is 63.8 Å². The Morgan fingerprint density at radius 1 is 1.18 bits per heavy atom. The largest absolute Gasteiger partial charge is 0.459 e. The van der Waals surface area contributed by atoms with Gasteiger partial charge in [0, 0.05) is 30.6 Å². The summed E-state index contributed by atoms with van der Waals surface area (Å²) in [4.78, 5) is 48.4. The number of carbonyl (C=O) groups excluding carboxylic acids is 4. The van der Waals surface area contributed by atoms with Crippen LogP contribution in [0.5, 0.6) is 0 Å². The highest BCUT2D eigenvalue weighted by Crippen LogP contribution is 2.70. The normalized spacial score (nSPS) is 44.9. The van der Waals surface area contributed by atoms with E-state index in [4.69, 9.17) is 9.47 Å². The fraction of sp³-hybridized carbons (Fsp3) is 0.680. The van der Waals surface area contributed by atoms with Crippen LogP contribution in [0.2, 0.25) is 0 Å². The number of rotatable bonds is 4. The lowest BCUT2D eigenvalue weighted by Crippen LogP contribution is -2.70. The van der Waals surface area contributed by atoms with E-state index in [1.165, 1.54) is 18.2 Å². The Kier molecular flexibility index (Phi) is 5.68. The summed E-state index contributed by atoms with van der Waals surface area (Å²) in [5.41, 5.74) is -6.42. The second-order valence-corrected chi connectivity index (χ2v) is 10.6. The monoisotopic (exact) mass is 478 g/mol. The molecule has 186 valence electrons. The third kappa shape index (κ3) is 3.09. The number of hydrogen-bond acceptors (Lipinski definition) is 8. The Hall–Kier alpha value is -2.39. The first-order valence-electron chi connectivity index (χ1n) is 11.6. The molecule has 0 radical (unpaired) electrons. The summed E-state index contributed by atoms with van der Waals surface area (Å²) in [5, 5.41) is 23.1. The van der Waals surface area contributed by atoms with Crippen molar-refractivity contribution in [3.05, 3.63) is 23.8 Å². The highest BCUT2D eigenvalue weighted by atomic mass is 19.1. The maximum atomic E-state index is 17.2. The fourth-order valence-electron chi connectivity index (χ4n) is 7.31. The molecule has 4 aliphatic rings. The quantitative estimate of drug-likeness (QED) is 0.586. The number of carbonyl (C=O) groups is 4. The van der Waals surface area contributed by atoms with Crippen LogP contribution in [0.4, 0.5) is 4.39 Å². The van der Waals surface area contributed by atoms with Crippen molar-refractivity contribution in [1.82, 2.24) is 0 Å². The van der Waals surface area contributed by atoms with Crippen LogP contribution in [0.1, 0.15) is 53.4 Å². The molecule has 8 atom stereocenters. The number of fused-ring (bicyclic) bond motifs is 5. The molecule has 3 saturated carbocycles. The van der Waals surface area contributed by atoms with E-state index in [-0.39, 0.29) is 25.0 Å². The Morgan fingerprint density at radius 2 is 1.85 bits per heavy atom. The number of esters is 2. The van der Waals surface area contributed by atoms with Crippen molar-refractivity contribution in [2.24, 2.45) is 22.7 Å². The van der Waals surface area contributed by atoms with Crippen LogP contribution in [-0.2, 0) is 28.7 Å². The van der Waals surface area contributed by atoms with Crippen molar-refractivity contribution in [3.63, 3.8) is 0 Å². The summed E-state index contributed by atoms with van der Waals surface area (Å²) in [5.74, 6) is -3.93. The molecule has 0 aliphatic heterocycles. The summed E-state index contributed by atoms with van der Waals surface area (Å²) in [6, 6.07) is 0. The maximum absolute atomic E-state index is 17.2. The predicted octanol–water partition coefficient (Wildman–Crippen LogP) is 1.76. The number of aliphatic hydroxyl groups excluding tert-OH is 1. The molecule has 1 unspecified atom stereocenters. The molecule has 0 aromatic carbocycles. The Balaban J connectivity index is 1.80. The van der Waals surface area contributed by atoms with Crippen LogP contribution >= 0.6 is 0 Å². The van der Waals surface area contributed by atoms with E-state index in [9.17, 15) is 29.4 Å². The Morgan fingerprint density at radius 3 is 2.47 bits per heavy atom. The number of halogens is 1. The van der Waals surface area contributed by atoms with Crippen molar-refractivity contribution < 1.29 is 43.3 Å². The van der Waals surface area contributed by atoms with Crippen molar-refractivity contribution in [2.45, 2.75) is 76.9 Å². The summed E-state index contributed by atoms with van der Waals surface area (Å²) in [7, 11) is 0. The summed E-state index contributed by atoms with van der Waals surface area (Å²) in [6.45, 7) is 4.80. The summed E-state index contributed by atoms with van der Waals surface area (Å²) >= 11 is 0. The maximum Gasteiger partial charge on any atom is 0.303 e. The van der Waals surface area contributed by atoms with Gasteiger partial charge in [-0.1, -0.05) is 18.6 Å². The van der Waals surface area contributed by atoms with E-state index < -0.39 is 70.5 Å². The lowest BCUT2D eigenvalue weighted by molar-refractivity contribution is -0.224. The smallest absolute Gasteiger partial charge is 0.303 e. The van der Waals surface area contributed by atoms with Gasteiger partial charge in [-0.05, 0) is 50.7 Å². The van der Waals surface area contributed by atoms with Gasteiger partial charge in [0.05, 0.1) is 6.10 Å². The number of alkyl halides is 1. The highest BCUT2D eigenvalue weighted by molar-refractivity contribution is 6.01. The molecule has 0 aromatic rings. The molecule has 0 saturated heterocycles. The molecule has 9 heteroatoms.